The number of hydrogen-bond acceptors (Lipinski definition) is 6. The molecule has 7 nitrogen and oxygen atoms in total. The standard InChI is InChI=1S/C13H15N5O2/c1-3-14-12-11(18(19)20)13(16-8-15-12)17-10-6-4-5-9(2)7-10/h4-8H,3H2,1-2H3,(H2,14,15,16,17). The molecule has 0 atom stereocenters. The van der Waals surface area contributed by atoms with E-state index in [0.29, 0.717) is 6.54 Å². The molecule has 0 unspecified atom stereocenters. The molecule has 0 radical (unpaired) electrons. The Hall–Kier alpha value is -2.70. The van der Waals surface area contributed by atoms with Gasteiger partial charge < -0.3 is 10.6 Å². The van der Waals surface area contributed by atoms with E-state index in [0.717, 1.165) is 11.3 Å². The molecule has 7 heteroatoms. The average Bonchev–Trinajstić information content (AvgIpc) is 2.39. The monoisotopic (exact) mass is 273 g/mol. The molecule has 0 aliphatic carbocycles. The van der Waals surface area contributed by atoms with Crippen LogP contribution in [0.25, 0.3) is 0 Å². The smallest absolute Gasteiger partial charge is 0.353 e. The van der Waals surface area contributed by atoms with Crippen LogP contribution in [0.1, 0.15) is 12.5 Å². The summed E-state index contributed by atoms with van der Waals surface area (Å²) in [5, 5.41) is 17.0. The molecule has 2 rings (SSSR count). The highest BCUT2D eigenvalue weighted by Gasteiger charge is 2.22. The molecular formula is C13H15N5O2. The molecule has 0 bridgehead atoms. The number of nitrogens with zero attached hydrogens (tertiary/aromatic N) is 3. The molecule has 20 heavy (non-hydrogen) atoms. The van der Waals surface area contributed by atoms with Gasteiger partial charge in [0.2, 0.25) is 11.6 Å². The van der Waals surface area contributed by atoms with Crippen molar-refractivity contribution in [2.75, 3.05) is 17.2 Å². The van der Waals surface area contributed by atoms with Crippen LogP contribution >= 0.6 is 0 Å². The number of benzene rings is 1. The summed E-state index contributed by atoms with van der Waals surface area (Å²) in [6.45, 7) is 4.34. The van der Waals surface area contributed by atoms with Crippen molar-refractivity contribution < 1.29 is 4.92 Å². The van der Waals surface area contributed by atoms with Crippen molar-refractivity contribution in [2.45, 2.75) is 13.8 Å². The maximum absolute atomic E-state index is 11.2. The number of anilines is 3. The molecule has 0 aliphatic heterocycles. The summed E-state index contributed by atoms with van der Waals surface area (Å²) in [6.07, 6.45) is 1.29. The number of nitro groups is 1. The molecule has 0 saturated carbocycles. The van der Waals surface area contributed by atoms with Gasteiger partial charge in [0.1, 0.15) is 6.33 Å². The lowest BCUT2D eigenvalue weighted by Crippen LogP contribution is -2.07. The van der Waals surface area contributed by atoms with Gasteiger partial charge >= 0.3 is 5.69 Å². The first-order valence-electron chi connectivity index (χ1n) is 6.18. The minimum Gasteiger partial charge on any atom is -0.364 e. The second kappa shape index (κ2) is 5.96. The zero-order chi connectivity index (χ0) is 14.5. The van der Waals surface area contributed by atoms with Crippen molar-refractivity contribution in [3.63, 3.8) is 0 Å². The summed E-state index contributed by atoms with van der Waals surface area (Å²) in [5.74, 6) is 0.384. The number of hydrogen-bond donors (Lipinski definition) is 2. The van der Waals surface area contributed by atoms with Gasteiger partial charge in [0.05, 0.1) is 4.92 Å². The summed E-state index contributed by atoms with van der Waals surface area (Å²) < 4.78 is 0. The highest BCUT2D eigenvalue weighted by molar-refractivity contribution is 5.73. The largest absolute Gasteiger partial charge is 0.364 e. The van der Waals surface area contributed by atoms with Crippen LogP contribution in [0, 0.1) is 17.0 Å². The van der Waals surface area contributed by atoms with Crippen molar-refractivity contribution in [1.29, 1.82) is 0 Å². The summed E-state index contributed by atoms with van der Waals surface area (Å²) in [5.41, 5.74) is 1.64. The Bertz CT molecular complexity index is 630. The van der Waals surface area contributed by atoms with Crippen LogP contribution in [0.4, 0.5) is 23.0 Å². The van der Waals surface area contributed by atoms with Crippen molar-refractivity contribution >= 4 is 23.0 Å². The molecule has 1 aromatic heterocycles. The predicted octanol–water partition coefficient (Wildman–Crippen LogP) is 2.87. The van der Waals surface area contributed by atoms with Gasteiger partial charge in [-0.15, -0.1) is 0 Å². The Labute approximate surface area is 116 Å². The first-order chi connectivity index (χ1) is 9.61. The second-order valence-electron chi connectivity index (χ2n) is 4.20. The maximum Gasteiger partial charge on any atom is 0.353 e. The first kappa shape index (κ1) is 13.7. The molecule has 0 amide bonds. The molecule has 2 N–H and O–H groups in total. The summed E-state index contributed by atoms with van der Waals surface area (Å²) in [7, 11) is 0. The number of rotatable bonds is 5. The van der Waals surface area contributed by atoms with E-state index in [4.69, 9.17) is 0 Å². The van der Waals surface area contributed by atoms with Crippen LogP contribution in [0.5, 0.6) is 0 Å². The molecule has 1 heterocycles. The number of nitrogens with one attached hydrogen (secondary N) is 2. The zero-order valence-electron chi connectivity index (χ0n) is 11.3. The fourth-order valence-corrected chi connectivity index (χ4v) is 1.80. The molecule has 0 aliphatic rings. The van der Waals surface area contributed by atoms with Crippen molar-refractivity contribution in [2.24, 2.45) is 0 Å². The molecule has 0 spiro atoms. The van der Waals surface area contributed by atoms with Crippen LogP contribution in [-0.2, 0) is 0 Å². The Kier molecular flexibility index (Phi) is 4.09. The first-order valence-corrected chi connectivity index (χ1v) is 6.18. The normalized spacial score (nSPS) is 10.1. The predicted molar refractivity (Wildman–Crippen MR) is 77.3 cm³/mol. The van der Waals surface area contributed by atoms with Gasteiger partial charge in [-0.2, -0.15) is 0 Å². The van der Waals surface area contributed by atoms with Gasteiger partial charge in [-0.05, 0) is 31.5 Å². The van der Waals surface area contributed by atoms with Gasteiger partial charge in [0.15, 0.2) is 0 Å². The lowest BCUT2D eigenvalue weighted by molar-refractivity contribution is -0.383. The van der Waals surface area contributed by atoms with Crippen LogP contribution < -0.4 is 10.6 Å². The quantitative estimate of drug-likeness (QED) is 0.642. The number of aromatic nitrogens is 2. The molecular weight excluding hydrogens is 258 g/mol. The van der Waals surface area contributed by atoms with Crippen LogP contribution in [0.2, 0.25) is 0 Å². The second-order valence-corrected chi connectivity index (χ2v) is 4.20. The van der Waals surface area contributed by atoms with E-state index >= 15 is 0 Å². The van der Waals surface area contributed by atoms with Gasteiger partial charge in [-0.3, -0.25) is 10.1 Å². The van der Waals surface area contributed by atoms with Gasteiger partial charge in [0.25, 0.3) is 0 Å². The van der Waals surface area contributed by atoms with E-state index in [2.05, 4.69) is 20.6 Å². The van der Waals surface area contributed by atoms with Gasteiger partial charge in [0, 0.05) is 12.2 Å². The third kappa shape index (κ3) is 3.00. The Morgan fingerprint density at radius 3 is 2.70 bits per heavy atom. The van der Waals surface area contributed by atoms with Gasteiger partial charge in [-0.25, -0.2) is 9.97 Å². The van der Waals surface area contributed by atoms with Crippen molar-refractivity contribution in [1.82, 2.24) is 9.97 Å². The van der Waals surface area contributed by atoms with Crippen molar-refractivity contribution in [3.8, 4) is 0 Å². The van der Waals surface area contributed by atoms with Gasteiger partial charge in [-0.1, -0.05) is 12.1 Å². The maximum atomic E-state index is 11.2. The lowest BCUT2D eigenvalue weighted by Gasteiger charge is -2.09. The van der Waals surface area contributed by atoms with Crippen LogP contribution in [0.3, 0.4) is 0 Å². The van der Waals surface area contributed by atoms with Crippen LogP contribution in [-0.4, -0.2) is 21.4 Å². The highest BCUT2D eigenvalue weighted by Crippen LogP contribution is 2.30. The van der Waals surface area contributed by atoms with E-state index in [1.807, 2.05) is 38.1 Å². The lowest BCUT2D eigenvalue weighted by atomic mass is 10.2. The molecule has 104 valence electrons. The Morgan fingerprint density at radius 1 is 1.30 bits per heavy atom. The SMILES string of the molecule is CCNc1ncnc(Nc2cccc(C)c2)c1[N+](=O)[O-]. The number of aryl methyl sites for hydroxylation is 1. The minimum absolute atomic E-state index is 0.157. The summed E-state index contributed by atoms with van der Waals surface area (Å²) in [4.78, 5) is 18.6. The summed E-state index contributed by atoms with van der Waals surface area (Å²) >= 11 is 0. The summed E-state index contributed by atoms with van der Waals surface area (Å²) in [6, 6.07) is 7.53. The average molecular weight is 273 g/mol. The topological polar surface area (TPSA) is 93.0 Å². The van der Waals surface area contributed by atoms with E-state index in [1.165, 1.54) is 6.33 Å². The zero-order valence-corrected chi connectivity index (χ0v) is 11.3. The van der Waals surface area contributed by atoms with E-state index in [1.54, 1.807) is 0 Å². The molecule has 0 fully saturated rings. The highest BCUT2D eigenvalue weighted by atomic mass is 16.6. The molecule has 0 saturated heterocycles. The fourth-order valence-electron chi connectivity index (χ4n) is 1.80. The van der Waals surface area contributed by atoms with E-state index < -0.39 is 4.92 Å². The Balaban J connectivity index is 2.40. The van der Waals surface area contributed by atoms with Crippen molar-refractivity contribution in [3.05, 3.63) is 46.3 Å². The van der Waals surface area contributed by atoms with E-state index in [-0.39, 0.29) is 17.3 Å². The Morgan fingerprint density at radius 2 is 2.05 bits per heavy atom. The third-order valence-electron chi connectivity index (χ3n) is 2.63. The van der Waals surface area contributed by atoms with Crippen LogP contribution in [0.15, 0.2) is 30.6 Å². The third-order valence-corrected chi connectivity index (χ3v) is 2.63. The molecule has 1 aromatic carbocycles. The molecule has 2 aromatic rings. The minimum atomic E-state index is -0.490. The fraction of sp³-hybridized carbons (Fsp3) is 0.231. The van der Waals surface area contributed by atoms with E-state index in [9.17, 15) is 10.1 Å².